The molecule has 21 heavy (non-hydrogen) atoms. The summed E-state index contributed by atoms with van der Waals surface area (Å²) in [5, 5.41) is 10.2. The number of carbonyl (C=O) groups is 1. The lowest BCUT2D eigenvalue weighted by Gasteiger charge is -2.46. The van der Waals surface area contributed by atoms with Crippen molar-refractivity contribution in [1.82, 2.24) is 4.90 Å². The number of nitrogens with zero attached hydrogens (tertiary/aromatic N) is 1. The Bertz CT molecular complexity index is 504. The van der Waals surface area contributed by atoms with Crippen LogP contribution in [0.1, 0.15) is 19.8 Å². The first-order valence-electron chi connectivity index (χ1n) is 7.46. The molecule has 1 saturated carbocycles. The minimum absolute atomic E-state index is 0.00866. The molecule has 5 nitrogen and oxygen atoms in total. The van der Waals surface area contributed by atoms with Crippen molar-refractivity contribution in [3.8, 4) is 11.5 Å². The molecule has 1 aromatic carbocycles. The number of likely N-dealkylation sites (tertiary alicyclic amines) is 1. The molecule has 0 aromatic heterocycles. The van der Waals surface area contributed by atoms with Crippen LogP contribution < -0.4 is 9.47 Å². The van der Waals surface area contributed by atoms with Gasteiger partial charge in [-0.05, 0) is 49.9 Å². The fraction of sp³-hybridized carbons (Fsp3) is 0.562. The maximum absolute atomic E-state index is 12.0. The Morgan fingerprint density at radius 1 is 1.24 bits per heavy atom. The van der Waals surface area contributed by atoms with E-state index >= 15 is 0 Å². The summed E-state index contributed by atoms with van der Waals surface area (Å²) in [5.74, 6) is 1.75. The smallest absolute Gasteiger partial charge is 0.260 e. The molecular formula is C16H21NO4. The van der Waals surface area contributed by atoms with Crippen LogP contribution in [0.15, 0.2) is 24.3 Å². The molecule has 0 atom stereocenters. The van der Waals surface area contributed by atoms with Gasteiger partial charge in [0.15, 0.2) is 6.61 Å². The molecule has 2 aliphatic rings. The van der Waals surface area contributed by atoms with Crippen LogP contribution in [0.25, 0.3) is 0 Å². The fourth-order valence-corrected chi connectivity index (χ4v) is 2.71. The average molecular weight is 291 g/mol. The molecule has 1 N–H and O–H groups in total. The Kier molecular flexibility index (Phi) is 3.76. The molecule has 3 rings (SSSR count). The molecule has 1 saturated heterocycles. The van der Waals surface area contributed by atoms with Crippen LogP contribution in [0.5, 0.6) is 11.5 Å². The molecule has 1 amide bonds. The van der Waals surface area contributed by atoms with Crippen LogP contribution in [-0.4, -0.2) is 47.8 Å². The van der Waals surface area contributed by atoms with Gasteiger partial charge in [0.05, 0.1) is 19.7 Å². The molecule has 2 fully saturated rings. The molecule has 5 heteroatoms. The molecule has 1 heterocycles. The molecule has 1 aliphatic carbocycles. The topological polar surface area (TPSA) is 59.0 Å². The summed E-state index contributed by atoms with van der Waals surface area (Å²) in [6, 6.07) is 7.21. The minimum atomic E-state index is -0.630. The van der Waals surface area contributed by atoms with E-state index in [1.54, 1.807) is 17.0 Å². The van der Waals surface area contributed by atoms with E-state index in [9.17, 15) is 9.90 Å². The third-order valence-electron chi connectivity index (χ3n) is 4.12. The number of hydrogen-bond donors (Lipinski definition) is 1. The number of benzene rings is 1. The number of ether oxygens (including phenoxy) is 2. The van der Waals surface area contributed by atoms with Gasteiger partial charge >= 0.3 is 0 Å². The number of aliphatic hydroxyl groups is 1. The second kappa shape index (κ2) is 5.56. The second-order valence-electron chi connectivity index (χ2n) is 5.82. The lowest BCUT2D eigenvalue weighted by Crippen LogP contribution is -2.65. The normalized spacial score (nSPS) is 19.8. The van der Waals surface area contributed by atoms with Crippen molar-refractivity contribution < 1.29 is 19.4 Å². The third-order valence-corrected chi connectivity index (χ3v) is 4.12. The Balaban J connectivity index is 1.43. The quantitative estimate of drug-likeness (QED) is 0.862. The van der Waals surface area contributed by atoms with Crippen molar-refractivity contribution in [2.24, 2.45) is 5.92 Å². The van der Waals surface area contributed by atoms with Crippen LogP contribution in [0.3, 0.4) is 0 Å². The Morgan fingerprint density at radius 2 is 1.81 bits per heavy atom. The Labute approximate surface area is 124 Å². The van der Waals surface area contributed by atoms with Crippen LogP contribution in [-0.2, 0) is 4.79 Å². The van der Waals surface area contributed by atoms with Gasteiger partial charge in [-0.1, -0.05) is 0 Å². The number of β-amino-alcohol motifs (C(OH)–C–C–N with tert-alkyl or cyclic N) is 1. The number of amides is 1. The molecular weight excluding hydrogens is 270 g/mol. The van der Waals surface area contributed by atoms with Gasteiger partial charge in [-0.2, -0.15) is 0 Å². The highest BCUT2D eigenvalue weighted by Crippen LogP contribution is 2.44. The molecule has 0 unspecified atom stereocenters. The van der Waals surface area contributed by atoms with Gasteiger partial charge in [-0.25, -0.2) is 0 Å². The Morgan fingerprint density at radius 3 is 2.33 bits per heavy atom. The highest BCUT2D eigenvalue weighted by molar-refractivity contribution is 5.79. The zero-order valence-electron chi connectivity index (χ0n) is 12.2. The first-order valence-corrected chi connectivity index (χ1v) is 7.46. The van der Waals surface area contributed by atoms with E-state index in [-0.39, 0.29) is 12.5 Å². The maximum Gasteiger partial charge on any atom is 0.260 e. The van der Waals surface area contributed by atoms with E-state index in [2.05, 4.69) is 0 Å². The standard InChI is InChI=1S/C16H21NO4/c1-2-20-13-5-7-14(8-6-13)21-9-15(18)17-10-16(19,11-17)12-3-4-12/h5-8,12,19H,2-4,9-11H2,1H3. The average Bonchev–Trinajstić information content (AvgIpc) is 3.28. The SMILES string of the molecule is CCOc1ccc(OCC(=O)N2CC(O)(C3CC3)C2)cc1. The summed E-state index contributed by atoms with van der Waals surface area (Å²) < 4.78 is 10.8. The largest absolute Gasteiger partial charge is 0.494 e. The van der Waals surface area contributed by atoms with E-state index in [0.717, 1.165) is 18.6 Å². The number of rotatable bonds is 6. The van der Waals surface area contributed by atoms with Crippen LogP contribution in [0.4, 0.5) is 0 Å². The first kappa shape index (κ1) is 14.2. The van der Waals surface area contributed by atoms with Gasteiger partial charge in [0.25, 0.3) is 5.91 Å². The van der Waals surface area contributed by atoms with E-state index in [0.29, 0.717) is 31.4 Å². The van der Waals surface area contributed by atoms with Crippen molar-refractivity contribution in [2.75, 3.05) is 26.3 Å². The first-order chi connectivity index (χ1) is 10.1. The lowest BCUT2D eigenvalue weighted by molar-refractivity contribution is -0.161. The summed E-state index contributed by atoms with van der Waals surface area (Å²) in [6.45, 7) is 3.46. The highest BCUT2D eigenvalue weighted by atomic mass is 16.5. The van der Waals surface area contributed by atoms with Crippen molar-refractivity contribution in [3.05, 3.63) is 24.3 Å². The molecule has 1 aliphatic heterocycles. The second-order valence-corrected chi connectivity index (χ2v) is 5.82. The molecule has 1 aromatic rings. The Hall–Kier alpha value is -1.75. The van der Waals surface area contributed by atoms with Crippen molar-refractivity contribution in [2.45, 2.75) is 25.4 Å². The van der Waals surface area contributed by atoms with Gasteiger partial charge in [0, 0.05) is 0 Å². The van der Waals surface area contributed by atoms with Crippen LogP contribution >= 0.6 is 0 Å². The summed E-state index contributed by atoms with van der Waals surface area (Å²) in [6.07, 6.45) is 2.17. The molecule has 0 radical (unpaired) electrons. The minimum Gasteiger partial charge on any atom is -0.494 e. The number of hydrogen-bond acceptors (Lipinski definition) is 4. The summed E-state index contributed by atoms with van der Waals surface area (Å²) >= 11 is 0. The van der Waals surface area contributed by atoms with E-state index in [1.165, 1.54) is 0 Å². The third kappa shape index (κ3) is 3.13. The van der Waals surface area contributed by atoms with Crippen molar-refractivity contribution in [1.29, 1.82) is 0 Å². The zero-order valence-corrected chi connectivity index (χ0v) is 12.2. The van der Waals surface area contributed by atoms with E-state index in [4.69, 9.17) is 9.47 Å². The molecule has 114 valence electrons. The van der Waals surface area contributed by atoms with Gasteiger partial charge in [-0.3, -0.25) is 4.79 Å². The zero-order chi connectivity index (χ0) is 14.9. The van der Waals surface area contributed by atoms with Gasteiger partial charge in [0.1, 0.15) is 17.1 Å². The van der Waals surface area contributed by atoms with Crippen molar-refractivity contribution >= 4 is 5.91 Å². The predicted molar refractivity (Wildman–Crippen MR) is 77.4 cm³/mol. The summed E-state index contributed by atoms with van der Waals surface area (Å²) in [7, 11) is 0. The van der Waals surface area contributed by atoms with E-state index in [1.807, 2.05) is 19.1 Å². The predicted octanol–water partition coefficient (Wildman–Crippen LogP) is 1.45. The maximum atomic E-state index is 12.0. The van der Waals surface area contributed by atoms with E-state index < -0.39 is 5.60 Å². The molecule has 0 bridgehead atoms. The monoisotopic (exact) mass is 291 g/mol. The fourth-order valence-electron chi connectivity index (χ4n) is 2.71. The summed E-state index contributed by atoms with van der Waals surface area (Å²) in [5.41, 5.74) is -0.630. The lowest BCUT2D eigenvalue weighted by atomic mass is 9.89. The number of carbonyl (C=O) groups excluding carboxylic acids is 1. The van der Waals surface area contributed by atoms with Crippen LogP contribution in [0, 0.1) is 5.92 Å². The van der Waals surface area contributed by atoms with Crippen molar-refractivity contribution in [3.63, 3.8) is 0 Å². The molecule has 0 spiro atoms. The summed E-state index contributed by atoms with van der Waals surface area (Å²) in [4.78, 5) is 13.6. The van der Waals surface area contributed by atoms with Gasteiger partial charge in [-0.15, -0.1) is 0 Å². The van der Waals surface area contributed by atoms with Gasteiger partial charge < -0.3 is 19.5 Å². The van der Waals surface area contributed by atoms with Crippen LogP contribution in [0.2, 0.25) is 0 Å². The van der Waals surface area contributed by atoms with Gasteiger partial charge in [0.2, 0.25) is 0 Å². The highest BCUT2D eigenvalue weighted by Gasteiger charge is 2.53.